The molecule has 20 heavy (non-hydrogen) atoms. The van der Waals surface area contributed by atoms with Crippen molar-refractivity contribution >= 4 is 11.9 Å². The molecule has 2 N–H and O–H groups in total. The zero-order valence-electron chi connectivity index (χ0n) is 12.0. The molecule has 0 aromatic heterocycles. The van der Waals surface area contributed by atoms with Gasteiger partial charge < -0.3 is 10.4 Å². The molecular weight excluding hydrogens is 256 g/mol. The molecule has 2 heterocycles. The van der Waals surface area contributed by atoms with E-state index in [4.69, 9.17) is 0 Å². The summed E-state index contributed by atoms with van der Waals surface area (Å²) in [5, 5.41) is 12.4. The number of hydrogen-bond donors (Lipinski definition) is 2. The molecule has 3 rings (SSSR count). The number of carbonyl (C=O) groups excluding carboxylic acids is 1. The maximum atomic E-state index is 12.4. The number of carboxylic acids is 1. The summed E-state index contributed by atoms with van der Waals surface area (Å²) >= 11 is 0. The van der Waals surface area contributed by atoms with Crippen LogP contribution in [-0.4, -0.2) is 46.1 Å². The number of nitrogens with one attached hydrogen (secondary N) is 1. The second-order valence-corrected chi connectivity index (χ2v) is 6.59. The summed E-state index contributed by atoms with van der Waals surface area (Å²) in [5.41, 5.74) is 0. The van der Waals surface area contributed by atoms with Gasteiger partial charge in [-0.05, 0) is 39.0 Å². The Morgan fingerprint density at radius 3 is 2.50 bits per heavy atom. The van der Waals surface area contributed by atoms with Gasteiger partial charge in [-0.1, -0.05) is 12.8 Å². The predicted octanol–water partition coefficient (Wildman–Crippen LogP) is 1.37. The molecule has 4 atom stereocenters. The number of hydrogen-bond acceptors (Lipinski definition) is 3. The van der Waals surface area contributed by atoms with Crippen molar-refractivity contribution in [1.29, 1.82) is 0 Å². The van der Waals surface area contributed by atoms with Gasteiger partial charge in [0.1, 0.15) is 0 Å². The van der Waals surface area contributed by atoms with E-state index in [1.165, 1.54) is 12.8 Å². The van der Waals surface area contributed by atoms with Crippen LogP contribution in [0, 0.1) is 5.92 Å². The van der Waals surface area contributed by atoms with Crippen molar-refractivity contribution in [1.82, 2.24) is 10.2 Å². The van der Waals surface area contributed by atoms with Gasteiger partial charge >= 0.3 is 5.97 Å². The van der Waals surface area contributed by atoms with E-state index in [-0.39, 0.29) is 30.0 Å². The van der Waals surface area contributed by atoms with Gasteiger partial charge in [-0.2, -0.15) is 0 Å². The van der Waals surface area contributed by atoms with Gasteiger partial charge in [-0.25, -0.2) is 0 Å². The third kappa shape index (κ3) is 2.32. The zero-order valence-corrected chi connectivity index (χ0v) is 12.0. The Balaban J connectivity index is 1.63. The van der Waals surface area contributed by atoms with E-state index >= 15 is 0 Å². The molecule has 3 aliphatic rings. The first-order chi connectivity index (χ1) is 9.58. The minimum absolute atomic E-state index is 0.0572. The molecule has 4 unspecified atom stereocenters. The topological polar surface area (TPSA) is 69.6 Å². The molecule has 0 radical (unpaired) electrons. The second-order valence-electron chi connectivity index (χ2n) is 6.59. The number of nitrogens with zero attached hydrogens (tertiary/aromatic N) is 1. The van der Waals surface area contributed by atoms with E-state index in [0.29, 0.717) is 12.5 Å². The molecule has 5 nitrogen and oxygen atoms in total. The Morgan fingerprint density at radius 2 is 1.90 bits per heavy atom. The fraction of sp³-hybridized carbons (Fsp3) is 0.867. The normalized spacial score (nSPS) is 35.4. The number of aliphatic carboxylic acids is 1. The molecule has 0 aromatic rings. The average molecular weight is 280 g/mol. The highest BCUT2D eigenvalue weighted by atomic mass is 16.4. The van der Waals surface area contributed by atoms with E-state index in [1.54, 1.807) is 0 Å². The molecule has 0 aromatic carbocycles. The molecule has 1 aliphatic carbocycles. The lowest BCUT2D eigenvalue weighted by Crippen LogP contribution is -2.50. The second kappa shape index (κ2) is 5.35. The van der Waals surface area contributed by atoms with Crippen LogP contribution < -0.4 is 5.32 Å². The quantitative estimate of drug-likeness (QED) is 0.816. The van der Waals surface area contributed by atoms with E-state index < -0.39 is 5.97 Å². The molecule has 1 amide bonds. The van der Waals surface area contributed by atoms with Gasteiger partial charge in [-0.15, -0.1) is 0 Å². The van der Waals surface area contributed by atoms with Crippen molar-refractivity contribution in [3.05, 3.63) is 0 Å². The number of carboxylic acid groups (broad SMARTS) is 1. The van der Waals surface area contributed by atoms with Crippen molar-refractivity contribution in [2.24, 2.45) is 5.92 Å². The van der Waals surface area contributed by atoms with Crippen molar-refractivity contribution < 1.29 is 14.7 Å². The molecule has 2 aliphatic heterocycles. The Kier molecular flexibility index (Phi) is 3.71. The summed E-state index contributed by atoms with van der Waals surface area (Å²) in [6.45, 7) is 1.93. The average Bonchev–Trinajstić information content (AvgIpc) is 3.12. The summed E-state index contributed by atoms with van der Waals surface area (Å²) in [6.07, 6.45) is 7.25. The first-order valence-electron chi connectivity index (χ1n) is 7.88. The minimum atomic E-state index is -0.703. The van der Waals surface area contributed by atoms with Gasteiger partial charge in [0.15, 0.2) is 0 Å². The number of fused-ring (bicyclic) bond motifs is 2. The fourth-order valence-electron chi connectivity index (χ4n) is 4.43. The number of rotatable bonds is 4. The number of carbonyl (C=O) groups is 2. The van der Waals surface area contributed by atoms with Crippen LogP contribution in [0.15, 0.2) is 0 Å². The van der Waals surface area contributed by atoms with E-state index in [0.717, 1.165) is 25.7 Å². The molecular formula is C15H24N2O3. The fourth-order valence-corrected chi connectivity index (χ4v) is 4.43. The lowest BCUT2D eigenvalue weighted by Gasteiger charge is -2.29. The summed E-state index contributed by atoms with van der Waals surface area (Å²) in [4.78, 5) is 25.8. The summed E-state index contributed by atoms with van der Waals surface area (Å²) in [5.74, 6) is -0.902. The molecule has 2 bridgehead atoms. The van der Waals surface area contributed by atoms with Crippen molar-refractivity contribution in [2.75, 3.05) is 0 Å². The van der Waals surface area contributed by atoms with Crippen LogP contribution in [0.4, 0.5) is 0 Å². The van der Waals surface area contributed by atoms with Crippen LogP contribution in [-0.2, 0) is 9.59 Å². The standard InChI is InChI=1S/C15H24N2O3/c1-9(14(18)16-10-4-2-3-5-10)17-11-6-7-13(17)12(8-11)15(19)20/h9-13H,2-8H2,1H3,(H,16,18)(H,19,20). The van der Waals surface area contributed by atoms with E-state index in [9.17, 15) is 14.7 Å². The highest BCUT2D eigenvalue weighted by molar-refractivity contribution is 5.82. The van der Waals surface area contributed by atoms with Crippen LogP contribution >= 0.6 is 0 Å². The first kappa shape index (κ1) is 13.9. The summed E-state index contributed by atoms with van der Waals surface area (Å²) < 4.78 is 0. The van der Waals surface area contributed by atoms with Gasteiger partial charge in [0.05, 0.1) is 12.0 Å². The highest BCUT2D eigenvalue weighted by Gasteiger charge is 2.51. The summed E-state index contributed by atoms with van der Waals surface area (Å²) in [7, 11) is 0. The largest absolute Gasteiger partial charge is 0.481 e. The first-order valence-corrected chi connectivity index (χ1v) is 7.88. The maximum absolute atomic E-state index is 12.4. The highest BCUT2D eigenvalue weighted by Crippen LogP contribution is 2.43. The van der Waals surface area contributed by atoms with Gasteiger partial charge in [0, 0.05) is 18.1 Å². The maximum Gasteiger partial charge on any atom is 0.308 e. The molecule has 5 heteroatoms. The third-order valence-corrected chi connectivity index (χ3v) is 5.44. The zero-order chi connectivity index (χ0) is 14.3. The minimum Gasteiger partial charge on any atom is -0.481 e. The molecule has 0 spiro atoms. The lowest BCUT2D eigenvalue weighted by atomic mass is 9.89. The molecule has 112 valence electrons. The molecule has 2 saturated heterocycles. The molecule has 1 saturated carbocycles. The SMILES string of the molecule is CC(C(=O)NC1CCCC1)N1C2CCC1C(C(=O)O)C2. The third-order valence-electron chi connectivity index (χ3n) is 5.44. The van der Waals surface area contributed by atoms with Crippen LogP contribution in [0.5, 0.6) is 0 Å². The Labute approximate surface area is 119 Å². The van der Waals surface area contributed by atoms with Crippen LogP contribution in [0.25, 0.3) is 0 Å². The Bertz CT molecular complexity index is 406. The van der Waals surface area contributed by atoms with Crippen LogP contribution in [0.3, 0.4) is 0 Å². The van der Waals surface area contributed by atoms with E-state index in [1.807, 2.05) is 6.92 Å². The monoisotopic (exact) mass is 280 g/mol. The number of amides is 1. The van der Waals surface area contributed by atoms with Gasteiger partial charge in [-0.3, -0.25) is 14.5 Å². The van der Waals surface area contributed by atoms with Crippen LogP contribution in [0.2, 0.25) is 0 Å². The van der Waals surface area contributed by atoms with Gasteiger partial charge in [0.25, 0.3) is 0 Å². The Hall–Kier alpha value is -1.10. The van der Waals surface area contributed by atoms with E-state index in [2.05, 4.69) is 10.2 Å². The van der Waals surface area contributed by atoms with Crippen LogP contribution in [0.1, 0.15) is 51.9 Å². The lowest BCUT2D eigenvalue weighted by molar-refractivity contribution is -0.143. The van der Waals surface area contributed by atoms with Gasteiger partial charge in [0.2, 0.25) is 5.91 Å². The molecule has 3 fully saturated rings. The van der Waals surface area contributed by atoms with Crippen molar-refractivity contribution in [3.8, 4) is 0 Å². The van der Waals surface area contributed by atoms with Crippen molar-refractivity contribution in [3.63, 3.8) is 0 Å². The summed E-state index contributed by atoms with van der Waals surface area (Å²) in [6, 6.07) is 0.477. The Morgan fingerprint density at radius 1 is 1.20 bits per heavy atom. The van der Waals surface area contributed by atoms with Crippen molar-refractivity contribution in [2.45, 2.75) is 76.0 Å². The smallest absolute Gasteiger partial charge is 0.308 e. The predicted molar refractivity (Wildman–Crippen MR) is 74.3 cm³/mol.